The number of carbonyl (C=O) groups excluding carboxylic acids is 2. The number of carboxylic acid groups (broad SMARTS) is 1. The largest absolute Gasteiger partial charge is 0.481 e. The SMILES string of the molecule is CC(CNC(=O)NCCCCC(N)=O)C(=O)O. The van der Waals surface area contributed by atoms with Crippen molar-refractivity contribution in [3.8, 4) is 0 Å². The molecule has 0 aliphatic carbocycles. The third kappa shape index (κ3) is 9.16. The van der Waals surface area contributed by atoms with E-state index in [2.05, 4.69) is 10.6 Å². The number of nitrogens with one attached hydrogen (secondary N) is 2. The summed E-state index contributed by atoms with van der Waals surface area (Å²) in [6.07, 6.45) is 1.59. The van der Waals surface area contributed by atoms with Gasteiger partial charge in [-0.25, -0.2) is 4.79 Å². The molecule has 0 radical (unpaired) electrons. The standard InChI is InChI=1S/C10H19N3O4/c1-7(9(15)16)6-13-10(17)12-5-3-2-4-8(11)14/h7H,2-6H2,1H3,(H2,11,14)(H,15,16)(H2,12,13,17). The molecule has 0 aromatic carbocycles. The molecule has 98 valence electrons. The van der Waals surface area contributed by atoms with Crippen molar-refractivity contribution in [3.63, 3.8) is 0 Å². The predicted octanol–water partition coefficient (Wildman–Crippen LogP) is -0.338. The number of urea groups is 1. The number of amides is 3. The van der Waals surface area contributed by atoms with Gasteiger partial charge in [-0.1, -0.05) is 6.92 Å². The van der Waals surface area contributed by atoms with Gasteiger partial charge in [0.25, 0.3) is 0 Å². The third-order valence-electron chi connectivity index (χ3n) is 2.13. The average molecular weight is 245 g/mol. The lowest BCUT2D eigenvalue weighted by atomic mass is 10.2. The molecule has 0 aliphatic rings. The Labute approximate surface area is 99.7 Å². The van der Waals surface area contributed by atoms with Gasteiger partial charge in [-0.15, -0.1) is 0 Å². The lowest BCUT2D eigenvalue weighted by Crippen LogP contribution is -2.39. The molecule has 0 fully saturated rings. The molecule has 7 heteroatoms. The van der Waals surface area contributed by atoms with Gasteiger partial charge >= 0.3 is 12.0 Å². The first-order valence-corrected chi connectivity index (χ1v) is 5.46. The van der Waals surface area contributed by atoms with Gasteiger partial charge in [0.1, 0.15) is 0 Å². The maximum Gasteiger partial charge on any atom is 0.314 e. The monoisotopic (exact) mass is 245 g/mol. The fourth-order valence-corrected chi connectivity index (χ4v) is 1.02. The predicted molar refractivity (Wildman–Crippen MR) is 61.2 cm³/mol. The van der Waals surface area contributed by atoms with E-state index in [9.17, 15) is 14.4 Å². The second kappa shape index (κ2) is 8.37. The Balaban J connectivity index is 3.47. The highest BCUT2D eigenvalue weighted by molar-refractivity contribution is 5.75. The molecule has 0 aliphatic heterocycles. The van der Waals surface area contributed by atoms with E-state index in [1.54, 1.807) is 0 Å². The van der Waals surface area contributed by atoms with Crippen molar-refractivity contribution in [2.45, 2.75) is 26.2 Å². The Morgan fingerprint density at radius 3 is 2.41 bits per heavy atom. The number of hydrogen-bond acceptors (Lipinski definition) is 3. The molecule has 7 nitrogen and oxygen atoms in total. The molecular formula is C10H19N3O4. The zero-order chi connectivity index (χ0) is 13.3. The molecule has 0 bridgehead atoms. The highest BCUT2D eigenvalue weighted by atomic mass is 16.4. The molecule has 0 saturated carbocycles. The minimum atomic E-state index is -0.952. The van der Waals surface area contributed by atoms with Crippen LogP contribution in [0.15, 0.2) is 0 Å². The van der Waals surface area contributed by atoms with Crippen molar-refractivity contribution >= 4 is 17.9 Å². The van der Waals surface area contributed by atoms with Gasteiger partial charge in [0.15, 0.2) is 0 Å². The topological polar surface area (TPSA) is 122 Å². The molecule has 0 rings (SSSR count). The highest BCUT2D eigenvalue weighted by Crippen LogP contribution is 1.93. The molecule has 3 amide bonds. The second-order valence-electron chi connectivity index (χ2n) is 3.80. The number of rotatable bonds is 8. The van der Waals surface area contributed by atoms with Crippen LogP contribution in [0, 0.1) is 5.92 Å². The first-order chi connectivity index (χ1) is 7.93. The Morgan fingerprint density at radius 1 is 1.24 bits per heavy atom. The van der Waals surface area contributed by atoms with Gasteiger partial charge in [0, 0.05) is 19.5 Å². The van der Waals surface area contributed by atoms with Crippen molar-refractivity contribution < 1.29 is 19.5 Å². The van der Waals surface area contributed by atoms with Gasteiger partial charge < -0.3 is 21.5 Å². The van der Waals surface area contributed by atoms with Crippen LogP contribution in [0.5, 0.6) is 0 Å². The second-order valence-corrected chi connectivity index (χ2v) is 3.80. The number of carboxylic acids is 1. The summed E-state index contributed by atoms with van der Waals surface area (Å²) in [7, 11) is 0. The summed E-state index contributed by atoms with van der Waals surface area (Å²) < 4.78 is 0. The third-order valence-corrected chi connectivity index (χ3v) is 2.13. The van der Waals surface area contributed by atoms with Gasteiger partial charge in [-0.05, 0) is 12.8 Å². The summed E-state index contributed by atoms with van der Waals surface area (Å²) >= 11 is 0. The maximum atomic E-state index is 11.2. The maximum absolute atomic E-state index is 11.2. The van der Waals surface area contributed by atoms with Crippen LogP contribution in [0.4, 0.5) is 4.79 Å². The Kier molecular flexibility index (Phi) is 7.49. The molecule has 0 aromatic rings. The minimum absolute atomic E-state index is 0.0858. The first kappa shape index (κ1) is 15.2. The van der Waals surface area contributed by atoms with Crippen molar-refractivity contribution in [2.75, 3.05) is 13.1 Å². The van der Waals surface area contributed by atoms with Gasteiger partial charge in [0.05, 0.1) is 5.92 Å². The average Bonchev–Trinajstić information content (AvgIpc) is 2.24. The first-order valence-electron chi connectivity index (χ1n) is 5.46. The lowest BCUT2D eigenvalue weighted by Gasteiger charge is -2.09. The van der Waals surface area contributed by atoms with E-state index in [-0.39, 0.29) is 12.5 Å². The van der Waals surface area contributed by atoms with Crippen LogP contribution in [0.2, 0.25) is 0 Å². The normalized spacial score (nSPS) is 11.6. The van der Waals surface area contributed by atoms with E-state index in [1.165, 1.54) is 6.92 Å². The van der Waals surface area contributed by atoms with Crippen LogP contribution in [0.3, 0.4) is 0 Å². The molecule has 0 aromatic heterocycles. The number of hydrogen-bond donors (Lipinski definition) is 4. The molecule has 1 unspecified atom stereocenters. The molecule has 0 spiro atoms. The van der Waals surface area contributed by atoms with Crippen molar-refractivity contribution in [3.05, 3.63) is 0 Å². The summed E-state index contributed by atoms with van der Waals surface area (Å²) in [6.45, 7) is 2.03. The smallest absolute Gasteiger partial charge is 0.314 e. The van der Waals surface area contributed by atoms with E-state index >= 15 is 0 Å². The van der Waals surface area contributed by atoms with Crippen molar-refractivity contribution in [1.82, 2.24) is 10.6 Å². The number of primary amides is 1. The van der Waals surface area contributed by atoms with Crippen LogP contribution in [-0.4, -0.2) is 36.1 Å². The summed E-state index contributed by atoms with van der Waals surface area (Å²) in [5.41, 5.74) is 4.95. The Morgan fingerprint density at radius 2 is 1.88 bits per heavy atom. The zero-order valence-corrected chi connectivity index (χ0v) is 9.86. The number of carbonyl (C=O) groups is 3. The highest BCUT2D eigenvalue weighted by Gasteiger charge is 2.11. The van der Waals surface area contributed by atoms with E-state index in [4.69, 9.17) is 10.8 Å². The van der Waals surface area contributed by atoms with E-state index in [1.807, 2.05) is 0 Å². The Bertz CT molecular complexity index is 281. The zero-order valence-electron chi connectivity index (χ0n) is 9.86. The van der Waals surface area contributed by atoms with Gasteiger partial charge in [-0.2, -0.15) is 0 Å². The molecule has 17 heavy (non-hydrogen) atoms. The molecular weight excluding hydrogens is 226 g/mol. The quantitative estimate of drug-likeness (QED) is 0.437. The van der Waals surface area contributed by atoms with Gasteiger partial charge in [-0.3, -0.25) is 9.59 Å². The van der Waals surface area contributed by atoms with Crippen LogP contribution in [0.25, 0.3) is 0 Å². The fraction of sp³-hybridized carbons (Fsp3) is 0.700. The van der Waals surface area contributed by atoms with E-state index in [0.717, 1.165) is 0 Å². The van der Waals surface area contributed by atoms with E-state index < -0.39 is 17.9 Å². The molecule has 5 N–H and O–H groups in total. The molecule has 1 atom stereocenters. The minimum Gasteiger partial charge on any atom is -0.481 e. The van der Waals surface area contributed by atoms with Gasteiger partial charge in [0.2, 0.25) is 5.91 Å². The van der Waals surface area contributed by atoms with Crippen LogP contribution in [0.1, 0.15) is 26.2 Å². The van der Waals surface area contributed by atoms with Crippen LogP contribution >= 0.6 is 0 Å². The van der Waals surface area contributed by atoms with Crippen LogP contribution in [-0.2, 0) is 9.59 Å². The summed E-state index contributed by atoms with van der Waals surface area (Å²) in [5.74, 6) is -1.92. The fourth-order valence-electron chi connectivity index (χ4n) is 1.02. The van der Waals surface area contributed by atoms with Crippen LogP contribution < -0.4 is 16.4 Å². The lowest BCUT2D eigenvalue weighted by molar-refractivity contribution is -0.140. The van der Waals surface area contributed by atoms with Crippen molar-refractivity contribution in [1.29, 1.82) is 0 Å². The number of nitrogens with two attached hydrogens (primary N) is 1. The van der Waals surface area contributed by atoms with Crippen molar-refractivity contribution in [2.24, 2.45) is 11.7 Å². The summed E-state index contributed by atoms with van der Waals surface area (Å²) in [5, 5.41) is 13.6. The molecule has 0 heterocycles. The number of aliphatic carboxylic acids is 1. The number of unbranched alkanes of at least 4 members (excludes halogenated alkanes) is 1. The summed E-state index contributed by atoms with van der Waals surface area (Å²) in [4.78, 5) is 32.0. The van der Waals surface area contributed by atoms with E-state index in [0.29, 0.717) is 25.8 Å². The molecule has 0 saturated heterocycles. The summed E-state index contributed by atoms with van der Waals surface area (Å²) in [6, 6.07) is -0.405. The Hall–Kier alpha value is -1.79.